The number of rotatable bonds is 12. The zero-order valence-corrected chi connectivity index (χ0v) is 29.1. The summed E-state index contributed by atoms with van der Waals surface area (Å²) < 4.78 is 42.6. The summed E-state index contributed by atoms with van der Waals surface area (Å²) >= 11 is 0. The molecule has 0 bridgehead atoms. The van der Waals surface area contributed by atoms with Gasteiger partial charge in [0.1, 0.15) is 5.75 Å². The molecule has 2 aliphatic rings. The molecule has 0 radical (unpaired) electrons. The molecule has 2 heterocycles. The van der Waals surface area contributed by atoms with Crippen molar-refractivity contribution in [3.8, 4) is 16.9 Å². The predicted octanol–water partition coefficient (Wildman–Crippen LogP) is 8.56. The van der Waals surface area contributed by atoms with Crippen molar-refractivity contribution in [1.82, 2.24) is 4.31 Å². The second-order valence-corrected chi connectivity index (χ2v) is 15.2. The van der Waals surface area contributed by atoms with Crippen molar-refractivity contribution < 1.29 is 27.8 Å². The molecule has 0 aliphatic carbocycles. The van der Waals surface area contributed by atoms with Gasteiger partial charge in [0.25, 0.3) is 0 Å². The highest BCUT2D eigenvalue weighted by atomic mass is 32.2. The number of aliphatic carboxylic acids is 1. The molecule has 256 valence electrons. The molecule has 1 saturated heterocycles. The van der Waals surface area contributed by atoms with Gasteiger partial charge in [0, 0.05) is 30.5 Å². The van der Waals surface area contributed by atoms with Crippen LogP contribution in [0.4, 0.5) is 0 Å². The smallest absolute Gasteiger partial charge is 0.341 e. The average Bonchev–Trinajstić information content (AvgIpc) is 3.12. The van der Waals surface area contributed by atoms with Crippen LogP contribution in [0, 0.1) is 5.92 Å². The Morgan fingerprint density at radius 2 is 1.65 bits per heavy atom. The second kappa shape index (κ2) is 15.1. The maximum atomic E-state index is 14.1. The van der Waals surface area contributed by atoms with E-state index in [9.17, 15) is 18.3 Å². The number of carboxylic acids is 1. The number of hydrogen-bond acceptors (Lipinski definition) is 5. The van der Waals surface area contributed by atoms with Gasteiger partial charge >= 0.3 is 5.97 Å². The number of carboxylic acid groups (broad SMARTS) is 1. The van der Waals surface area contributed by atoms with Gasteiger partial charge in [-0.25, -0.2) is 13.2 Å². The Morgan fingerprint density at radius 1 is 0.959 bits per heavy atom. The van der Waals surface area contributed by atoms with Crippen LogP contribution in [0.25, 0.3) is 11.1 Å². The molecule has 1 N–H and O–H groups in total. The summed E-state index contributed by atoms with van der Waals surface area (Å²) in [5.74, 6) is -0.876. The Bertz CT molecular complexity index is 1890. The summed E-state index contributed by atoms with van der Waals surface area (Å²) in [5.41, 5.74) is 7.11. The van der Waals surface area contributed by atoms with E-state index >= 15 is 0 Å². The molecular formula is C41H45NO6S. The van der Waals surface area contributed by atoms with Gasteiger partial charge in [0.2, 0.25) is 10.0 Å². The number of hydrogen-bond donors (Lipinski definition) is 1. The monoisotopic (exact) mass is 679 g/mol. The van der Waals surface area contributed by atoms with E-state index in [2.05, 4.69) is 49.9 Å². The highest BCUT2D eigenvalue weighted by Crippen LogP contribution is 2.50. The fourth-order valence-corrected chi connectivity index (χ4v) is 8.71. The first-order chi connectivity index (χ1) is 23.7. The van der Waals surface area contributed by atoms with Crippen LogP contribution >= 0.6 is 0 Å². The molecular weight excluding hydrogens is 635 g/mol. The number of nitrogens with zero attached hydrogens (tertiary/aromatic N) is 1. The van der Waals surface area contributed by atoms with Crippen LogP contribution in [-0.4, -0.2) is 43.1 Å². The third-order valence-electron chi connectivity index (χ3n) is 9.94. The lowest BCUT2D eigenvalue weighted by Gasteiger charge is -2.43. The van der Waals surface area contributed by atoms with E-state index in [4.69, 9.17) is 9.47 Å². The molecule has 2 aliphatic heterocycles. The molecule has 6 rings (SSSR count). The first-order valence-electron chi connectivity index (χ1n) is 17.2. The lowest BCUT2D eigenvalue weighted by Crippen LogP contribution is -2.37. The topological polar surface area (TPSA) is 93.1 Å². The summed E-state index contributed by atoms with van der Waals surface area (Å²) in [6.45, 7) is 8.61. The molecule has 1 fully saturated rings. The minimum absolute atomic E-state index is 0.0954. The Kier molecular flexibility index (Phi) is 10.7. The SMILES string of the molecule is C=C(C)[C@@H]1C[C@@H](c2ccc(-c3ccccc3)cc2)[C@@H](CCCC)O[C@H]1c1cc(S(=O)(=O)N2CCc3ccccc3C2)ccc1OCC(=O)O. The maximum absolute atomic E-state index is 14.1. The summed E-state index contributed by atoms with van der Waals surface area (Å²) in [4.78, 5) is 11.7. The molecule has 0 saturated carbocycles. The van der Waals surface area contributed by atoms with Crippen molar-refractivity contribution in [2.24, 2.45) is 5.92 Å². The molecule has 0 aromatic heterocycles. The van der Waals surface area contributed by atoms with Gasteiger partial charge in [-0.1, -0.05) is 111 Å². The van der Waals surface area contributed by atoms with Gasteiger partial charge in [-0.15, -0.1) is 0 Å². The van der Waals surface area contributed by atoms with Crippen molar-refractivity contribution in [2.45, 2.75) is 75.5 Å². The molecule has 0 unspecified atom stereocenters. The Labute approximate surface area is 290 Å². The summed E-state index contributed by atoms with van der Waals surface area (Å²) in [5, 5.41) is 9.47. The second-order valence-electron chi connectivity index (χ2n) is 13.3. The number of fused-ring (bicyclic) bond motifs is 1. The van der Waals surface area contributed by atoms with Crippen LogP contribution in [-0.2, 0) is 32.5 Å². The molecule has 4 aromatic carbocycles. The standard InChI is InChI=1S/C41H45NO6S/c1-4-5-15-39-36(32-18-16-31(17-19-32)29-11-7-6-8-12-29)25-35(28(2)3)41(48-39)37-24-34(20-21-38(37)47-27-40(43)44)49(45,46)42-23-22-30-13-9-10-14-33(30)26-42/h6-14,16-21,24,35-36,39,41H,2,4-5,15,22-23,25-27H2,1,3H3,(H,43,44)/t35-,36-,39+,41+/m0/s1. The van der Waals surface area contributed by atoms with Gasteiger partial charge < -0.3 is 14.6 Å². The maximum Gasteiger partial charge on any atom is 0.341 e. The van der Waals surface area contributed by atoms with E-state index in [0.29, 0.717) is 30.8 Å². The van der Waals surface area contributed by atoms with E-state index in [-0.39, 0.29) is 22.8 Å². The van der Waals surface area contributed by atoms with Crippen LogP contribution in [0.1, 0.15) is 73.8 Å². The summed E-state index contributed by atoms with van der Waals surface area (Å²) in [7, 11) is -3.88. The third-order valence-corrected chi connectivity index (χ3v) is 11.8. The van der Waals surface area contributed by atoms with Gasteiger partial charge in [-0.2, -0.15) is 4.31 Å². The van der Waals surface area contributed by atoms with E-state index in [0.717, 1.165) is 53.5 Å². The van der Waals surface area contributed by atoms with Crippen molar-refractivity contribution in [1.29, 1.82) is 0 Å². The van der Waals surface area contributed by atoms with Crippen molar-refractivity contribution in [3.63, 3.8) is 0 Å². The van der Waals surface area contributed by atoms with Crippen LogP contribution in [0.15, 0.2) is 114 Å². The van der Waals surface area contributed by atoms with Crippen LogP contribution in [0.3, 0.4) is 0 Å². The molecule has 0 amide bonds. The quantitative estimate of drug-likeness (QED) is 0.151. The number of unbranched alkanes of at least 4 members (excludes halogenated alkanes) is 1. The fraction of sp³-hybridized carbons (Fsp3) is 0.341. The number of ether oxygens (including phenoxy) is 2. The Morgan fingerprint density at radius 3 is 2.35 bits per heavy atom. The largest absolute Gasteiger partial charge is 0.482 e. The first kappa shape index (κ1) is 34.6. The molecule has 7 nitrogen and oxygen atoms in total. The van der Waals surface area contributed by atoms with Gasteiger partial charge in [-0.05, 0) is 72.2 Å². The lowest BCUT2D eigenvalue weighted by molar-refractivity contribution is -0.139. The van der Waals surface area contributed by atoms with Gasteiger partial charge in [0.05, 0.1) is 17.1 Å². The van der Waals surface area contributed by atoms with E-state index in [1.807, 2.05) is 49.4 Å². The normalized spacial score (nSPS) is 21.1. The Hall–Kier alpha value is -4.24. The third kappa shape index (κ3) is 7.67. The number of sulfonamides is 1. The van der Waals surface area contributed by atoms with Crippen LogP contribution in [0.2, 0.25) is 0 Å². The number of carbonyl (C=O) groups is 1. The molecule has 4 aromatic rings. The van der Waals surface area contributed by atoms with Crippen molar-refractivity contribution in [3.05, 3.63) is 131 Å². The molecule has 49 heavy (non-hydrogen) atoms. The van der Waals surface area contributed by atoms with Gasteiger partial charge in [0.15, 0.2) is 6.61 Å². The van der Waals surface area contributed by atoms with Crippen LogP contribution < -0.4 is 4.74 Å². The molecule has 8 heteroatoms. The van der Waals surface area contributed by atoms with E-state index < -0.39 is 28.7 Å². The Balaban J connectivity index is 1.36. The van der Waals surface area contributed by atoms with Crippen molar-refractivity contribution in [2.75, 3.05) is 13.2 Å². The number of benzene rings is 4. The van der Waals surface area contributed by atoms with Gasteiger partial charge in [-0.3, -0.25) is 0 Å². The highest BCUT2D eigenvalue weighted by Gasteiger charge is 2.41. The molecule has 0 spiro atoms. The summed E-state index contributed by atoms with van der Waals surface area (Å²) in [6.07, 6.45) is 3.48. The predicted molar refractivity (Wildman–Crippen MR) is 192 cm³/mol. The molecule has 4 atom stereocenters. The van der Waals surface area contributed by atoms with E-state index in [1.54, 1.807) is 12.1 Å². The minimum atomic E-state index is -3.88. The van der Waals surface area contributed by atoms with Crippen molar-refractivity contribution >= 4 is 16.0 Å². The highest BCUT2D eigenvalue weighted by molar-refractivity contribution is 7.89. The zero-order chi connectivity index (χ0) is 34.5. The lowest BCUT2D eigenvalue weighted by atomic mass is 9.74. The fourth-order valence-electron chi connectivity index (χ4n) is 7.26. The summed E-state index contributed by atoms with van der Waals surface area (Å²) in [6, 6.07) is 31.7. The average molecular weight is 680 g/mol. The van der Waals surface area contributed by atoms with E-state index in [1.165, 1.54) is 15.9 Å². The zero-order valence-electron chi connectivity index (χ0n) is 28.3. The van der Waals surface area contributed by atoms with Crippen LogP contribution in [0.5, 0.6) is 5.75 Å². The first-order valence-corrected chi connectivity index (χ1v) is 18.6. The minimum Gasteiger partial charge on any atom is -0.482 e.